The molecule has 0 atom stereocenters. The molecule has 160 valence electrons. The number of carbonyl (C=O) groups is 3. The number of anilines is 1. The van der Waals surface area contributed by atoms with Gasteiger partial charge < -0.3 is 19.2 Å². The fourth-order valence-electron chi connectivity index (χ4n) is 2.63. The summed E-state index contributed by atoms with van der Waals surface area (Å²) in [5, 5.41) is 10.8. The van der Waals surface area contributed by atoms with Gasteiger partial charge >= 0.3 is 11.9 Å². The van der Waals surface area contributed by atoms with Gasteiger partial charge in [0, 0.05) is 0 Å². The molecule has 0 aliphatic carbocycles. The van der Waals surface area contributed by atoms with Gasteiger partial charge in [-0.3, -0.25) is 4.79 Å². The van der Waals surface area contributed by atoms with E-state index in [1.54, 1.807) is 0 Å². The zero-order chi connectivity index (χ0) is 22.2. The first-order chi connectivity index (χ1) is 15.0. The summed E-state index contributed by atoms with van der Waals surface area (Å²) in [6.45, 7) is 0. The van der Waals surface area contributed by atoms with Crippen molar-refractivity contribution in [2.75, 3.05) is 25.3 Å². The summed E-state index contributed by atoms with van der Waals surface area (Å²) in [6.07, 6.45) is 0.489. The number of hydrogen-bond acceptors (Lipinski definition) is 9. The van der Waals surface area contributed by atoms with Crippen LogP contribution in [0.25, 0.3) is 0 Å². The Labute approximate surface area is 182 Å². The van der Waals surface area contributed by atoms with Crippen molar-refractivity contribution in [1.82, 2.24) is 10.2 Å². The number of nitrogens with one attached hydrogen (secondary N) is 1. The average Bonchev–Trinajstić information content (AvgIpc) is 3.24. The number of rotatable bonds is 8. The van der Waals surface area contributed by atoms with E-state index < -0.39 is 17.8 Å². The first kappa shape index (κ1) is 22.0. The molecule has 0 bridgehead atoms. The Kier molecular flexibility index (Phi) is 7.39. The molecule has 9 nitrogen and oxygen atoms in total. The monoisotopic (exact) mass is 441 g/mol. The molecule has 10 heteroatoms. The van der Waals surface area contributed by atoms with E-state index in [1.165, 1.54) is 32.4 Å². The van der Waals surface area contributed by atoms with Gasteiger partial charge in [-0.1, -0.05) is 42.1 Å². The Bertz CT molecular complexity index is 1080. The smallest absolute Gasteiger partial charge is 0.339 e. The minimum atomic E-state index is -0.651. The molecule has 0 aliphatic heterocycles. The van der Waals surface area contributed by atoms with Crippen LogP contribution in [0.15, 0.2) is 58.2 Å². The summed E-state index contributed by atoms with van der Waals surface area (Å²) >= 11 is 1.05. The summed E-state index contributed by atoms with van der Waals surface area (Å²) in [6, 6.07) is 13.8. The maximum atomic E-state index is 12.4. The lowest BCUT2D eigenvalue weighted by atomic mass is 10.1. The van der Waals surface area contributed by atoms with Crippen LogP contribution in [0.5, 0.6) is 0 Å². The molecule has 0 saturated carbocycles. The number of nitrogens with zero attached hydrogens (tertiary/aromatic N) is 2. The Morgan fingerprint density at radius 2 is 1.74 bits per heavy atom. The Hall–Kier alpha value is -3.66. The van der Waals surface area contributed by atoms with Crippen LogP contribution in [-0.2, 0) is 20.7 Å². The second-order valence-electron chi connectivity index (χ2n) is 6.20. The van der Waals surface area contributed by atoms with Gasteiger partial charge in [-0.15, -0.1) is 10.2 Å². The van der Waals surface area contributed by atoms with E-state index in [0.717, 1.165) is 17.3 Å². The van der Waals surface area contributed by atoms with Crippen LogP contribution < -0.4 is 5.32 Å². The highest BCUT2D eigenvalue weighted by Gasteiger charge is 2.18. The highest BCUT2D eigenvalue weighted by molar-refractivity contribution is 7.99. The van der Waals surface area contributed by atoms with Crippen LogP contribution >= 0.6 is 11.8 Å². The van der Waals surface area contributed by atoms with Crippen molar-refractivity contribution in [2.45, 2.75) is 11.6 Å². The first-order valence-corrected chi connectivity index (χ1v) is 10.1. The summed E-state index contributed by atoms with van der Waals surface area (Å²) in [4.78, 5) is 36.1. The van der Waals surface area contributed by atoms with E-state index in [1.807, 2.05) is 30.3 Å². The lowest BCUT2D eigenvalue weighted by Crippen LogP contribution is -2.18. The van der Waals surface area contributed by atoms with E-state index in [-0.39, 0.29) is 27.8 Å². The number of benzene rings is 2. The third-order valence-electron chi connectivity index (χ3n) is 4.09. The normalized spacial score (nSPS) is 10.4. The zero-order valence-corrected chi connectivity index (χ0v) is 17.6. The molecule has 0 saturated heterocycles. The molecule has 3 aromatic rings. The molecule has 0 radical (unpaired) electrons. The summed E-state index contributed by atoms with van der Waals surface area (Å²) in [5.74, 6) is -1.29. The first-order valence-electron chi connectivity index (χ1n) is 9.09. The molecule has 0 unspecified atom stereocenters. The third-order valence-corrected chi connectivity index (χ3v) is 4.91. The molecule has 0 aliphatic rings. The lowest BCUT2D eigenvalue weighted by Gasteiger charge is -2.11. The summed E-state index contributed by atoms with van der Waals surface area (Å²) < 4.78 is 15.0. The van der Waals surface area contributed by atoms with E-state index in [2.05, 4.69) is 20.3 Å². The second-order valence-corrected chi connectivity index (χ2v) is 7.13. The van der Waals surface area contributed by atoms with Crippen molar-refractivity contribution in [3.05, 3.63) is 71.1 Å². The predicted octanol–water partition coefficient (Wildman–Crippen LogP) is 2.96. The van der Waals surface area contributed by atoms with Crippen LogP contribution in [0, 0.1) is 0 Å². The van der Waals surface area contributed by atoms with Crippen molar-refractivity contribution in [3.63, 3.8) is 0 Å². The zero-order valence-electron chi connectivity index (χ0n) is 16.8. The fourth-order valence-corrected chi connectivity index (χ4v) is 3.21. The van der Waals surface area contributed by atoms with Crippen LogP contribution in [0.4, 0.5) is 5.69 Å². The molecular weight excluding hydrogens is 422 g/mol. The molecule has 31 heavy (non-hydrogen) atoms. The minimum Gasteiger partial charge on any atom is -0.465 e. The van der Waals surface area contributed by atoms with E-state index in [9.17, 15) is 14.4 Å². The number of thioether (sulfide) groups is 1. The predicted molar refractivity (Wildman–Crippen MR) is 112 cm³/mol. The van der Waals surface area contributed by atoms with E-state index in [4.69, 9.17) is 9.15 Å². The van der Waals surface area contributed by atoms with Crippen molar-refractivity contribution in [3.8, 4) is 0 Å². The average molecular weight is 441 g/mol. The number of amides is 1. The highest BCUT2D eigenvalue weighted by atomic mass is 32.2. The Morgan fingerprint density at radius 3 is 2.45 bits per heavy atom. The molecule has 2 aromatic carbocycles. The van der Waals surface area contributed by atoms with Crippen LogP contribution in [0.2, 0.25) is 0 Å². The van der Waals surface area contributed by atoms with E-state index >= 15 is 0 Å². The number of methoxy groups -OCH3 is 2. The van der Waals surface area contributed by atoms with Crippen molar-refractivity contribution < 1.29 is 28.3 Å². The number of hydrogen-bond donors (Lipinski definition) is 1. The van der Waals surface area contributed by atoms with Gasteiger partial charge in [0.2, 0.25) is 11.8 Å². The van der Waals surface area contributed by atoms with Gasteiger partial charge in [0.1, 0.15) is 0 Å². The standard InChI is InChI=1S/C21H19N3O6S/c1-28-19(26)14-8-9-15(20(27)29-2)16(11-14)22-17(25)12-31-21-24-23-18(30-21)10-13-6-4-3-5-7-13/h3-9,11H,10,12H2,1-2H3,(H,22,25). The largest absolute Gasteiger partial charge is 0.465 e. The van der Waals surface area contributed by atoms with Gasteiger partial charge in [-0.25, -0.2) is 9.59 Å². The topological polar surface area (TPSA) is 121 Å². The van der Waals surface area contributed by atoms with Crippen molar-refractivity contribution in [1.29, 1.82) is 0 Å². The molecule has 1 amide bonds. The molecule has 3 rings (SSSR count). The van der Waals surface area contributed by atoms with Gasteiger partial charge in [0.15, 0.2) is 0 Å². The van der Waals surface area contributed by atoms with Crippen LogP contribution in [-0.4, -0.2) is 48.0 Å². The third kappa shape index (κ3) is 5.92. The lowest BCUT2D eigenvalue weighted by molar-refractivity contribution is -0.113. The molecule has 1 heterocycles. The fraction of sp³-hybridized carbons (Fsp3) is 0.190. The highest BCUT2D eigenvalue weighted by Crippen LogP contribution is 2.22. The SMILES string of the molecule is COC(=O)c1ccc(C(=O)OC)c(NC(=O)CSc2nnc(Cc3ccccc3)o2)c1. The van der Waals surface area contributed by atoms with Gasteiger partial charge in [0.25, 0.3) is 5.22 Å². The number of carbonyl (C=O) groups excluding carboxylic acids is 3. The Balaban J connectivity index is 1.64. The van der Waals surface area contributed by atoms with Crippen molar-refractivity contribution in [2.24, 2.45) is 0 Å². The minimum absolute atomic E-state index is 0.0456. The quantitative estimate of drug-likeness (QED) is 0.415. The molecule has 1 aromatic heterocycles. The maximum Gasteiger partial charge on any atom is 0.339 e. The maximum absolute atomic E-state index is 12.4. The Morgan fingerprint density at radius 1 is 1.00 bits per heavy atom. The van der Waals surface area contributed by atoms with E-state index in [0.29, 0.717) is 12.3 Å². The van der Waals surface area contributed by atoms with Crippen LogP contribution in [0.3, 0.4) is 0 Å². The number of aromatic nitrogens is 2. The summed E-state index contributed by atoms with van der Waals surface area (Å²) in [7, 11) is 2.46. The molecule has 1 N–H and O–H groups in total. The molecule has 0 spiro atoms. The number of esters is 2. The van der Waals surface area contributed by atoms with Gasteiger partial charge in [-0.2, -0.15) is 0 Å². The second kappa shape index (κ2) is 10.4. The van der Waals surface area contributed by atoms with Gasteiger partial charge in [0.05, 0.1) is 43.2 Å². The van der Waals surface area contributed by atoms with Crippen LogP contribution in [0.1, 0.15) is 32.2 Å². The van der Waals surface area contributed by atoms with Gasteiger partial charge in [-0.05, 0) is 23.8 Å². The summed E-state index contributed by atoms with van der Waals surface area (Å²) in [5.41, 5.74) is 1.45. The van der Waals surface area contributed by atoms with Crippen molar-refractivity contribution >= 4 is 35.3 Å². The number of ether oxygens (including phenoxy) is 2. The molecular formula is C21H19N3O6S. The molecule has 0 fully saturated rings.